The topological polar surface area (TPSA) is 45.2 Å². The number of H-pyrrole nitrogens is 1. The lowest BCUT2D eigenvalue weighted by atomic mass is 9.63. The van der Waals surface area contributed by atoms with Gasteiger partial charge in [-0.25, -0.2) is 0 Å². The fourth-order valence-corrected chi connectivity index (χ4v) is 4.76. The number of benzene rings is 1. The number of aromatic nitrogens is 1. The van der Waals surface area contributed by atoms with Crippen LogP contribution in [0.15, 0.2) is 81.6 Å². The Bertz CT molecular complexity index is 1080. The van der Waals surface area contributed by atoms with E-state index in [-0.39, 0.29) is 11.5 Å². The second kappa shape index (κ2) is 7.40. The number of nitrogens with zero attached hydrogens (tertiary/aromatic N) is 1. The lowest BCUT2D eigenvalue weighted by Crippen LogP contribution is -2.40. The zero-order chi connectivity index (χ0) is 19.7. The van der Waals surface area contributed by atoms with Crippen molar-refractivity contribution in [3.8, 4) is 0 Å². The standard InChI is InChI=1S/C24H23ClN2O/c1-3-19-18-13-16(2)15-24(19,20-9-10-23(28)27-22(20)14-18)26-12-11-21(25)17-7-5-4-6-8-17/h3-13,18H,14-15H2,1-2H3,(H,27,28)/b19-3+,21-11?,26-12?/t18-,24+/m0/s1. The zero-order valence-electron chi connectivity index (χ0n) is 16.1. The van der Waals surface area contributed by atoms with Gasteiger partial charge in [-0.1, -0.05) is 59.7 Å². The number of rotatable bonds is 3. The van der Waals surface area contributed by atoms with Gasteiger partial charge in [0.05, 0.1) is 0 Å². The van der Waals surface area contributed by atoms with Gasteiger partial charge >= 0.3 is 0 Å². The van der Waals surface area contributed by atoms with Crippen LogP contribution in [-0.2, 0) is 12.0 Å². The molecule has 1 aromatic heterocycles. The third-order valence-electron chi connectivity index (χ3n) is 5.64. The largest absolute Gasteiger partial charge is 0.326 e. The molecule has 0 aliphatic heterocycles. The fraction of sp³-hybridized carbons (Fsp3) is 0.250. The molecular formula is C24H23ClN2O. The van der Waals surface area contributed by atoms with Gasteiger partial charge in [0.15, 0.2) is 0 Å². The van der Waals surface area contributed by atoms with Gasteiger partial charge in [-0.2, -0.15) is 0 Å². The molecule has 2 bridgehead atoms. The van der Waals surface area contributed by atoms with Gasteiger partial charge in [0.1, 0.15) is 5.54 Å². The smallest absolute Gasteiger partial charge is 0.248 e. The molecule has 0 radical (unpaired) electrons. The van der Waals surface area contributed by atoms with Crippen LogP contribution < -0.4 is 5.56 Å². The average Bonchev–Trinajstić information content (AvgIpc) is 2.67. The van der Waals surface area contributed by atoms with E-state index in [2.05, 4.69) is 31.0 Å². The zero-order valence-corrected chi connectivity index (χ0v) is 16.8. The summed E-state index contributed by atoms with van der Waals surface area (Å²) < 4.78 is 0. The Morgan fingerprint density at radius 2 is 2.04 bits per heavy atom. The minimum atomic E-state index is -0.486. The molecule has 0 amide bonds. The molecular weight excluding hydrogens is 368 g/mol. The van der Waals surface area contributed by atoms with Gasteiger partial charge < -0.3 is 4.98 Å². The second-order valence-corrected chi connectivity index (χ2v) is 7.89. The lowest BCUT2D eigenvalue weighted by molar-refractivity contribution is 0.413. The third kappa shape index (κ3) is 3.20. The molecule has 3 nitrogen and oxygen atoms in total. The van der Waals surface area contributed by atoms with Crippen molar-refractivity contribution in [3.63, 3.8) is 0 Å². The minimum absolute atomic E-state index is 0.0624. The summed E-state index contributed by atoms with van der Waals surface area (Å²) in [7, 11) is 0. The Kier molecular flexibility index (Phi) is 4.94. The lowest BCUT2D eigenvalue weighted by Gasteiger charge is -2.45. The number of aromatic amines is 1. The van der Waals surface area contributed by atoms with Gasteiger partial charge in [-0.3, -0.25) is 9.79 Å². The van der Waals surface area contributed by atoms with E-state index < -0.39 is 5.54 Å². The van der Waals surface area contributed by atoms with E-state index in [0.29, 0.717) is 5.03 Å². The van der Waals surface area contributed by atoms with Gasteiger partial charge in [0, 0.05) is 40.9 Å². The normalized spacial score (nSPS) is 25.7. The molecule has 1 heterocycles. The van der Waals surface area contributed by atoms with Crippen molar-refractivity contribution in [1.82, 2.24) is 4.98 Å². The van der Waals surface area contributed by atoms with E-state index >= 15 is 0 Å². The Morgan fingerprint density at radius 1 is 1.25 bits per heavy atom. The molecule has 0 spiro atoms. The molecule has 0 saturated heterocycles. The summed E-state index contributed by atoms with van der Waals surface area (Å²) in [4.78, 5) is 20.0. The minimum Gasteiger partial charge on any atom is -0.326 e. The van der Waals surface area contributed by atoms with E-state index in [9.17, 15) is 4.79 Å². The molecule has 1 aromatic carbocycles. The van der Waals surface area contributed by atoms with E-state index in [1.54, 1.807) is 6.07 Å². The van der Waals surface area contributed by atoms with Gasteiger partial charge in [0.25, 0.3) is 0 Å². The van der Waals surface area contributed by atoms with Crippen molar-refractivity contribution in [2.75, 3.05) is 0 Å². The van der Waals surface area contributed by atoms with E-state index in [1.807, 2.05) is 48.7 Å². The van der Waals surface area contributed by atoms with Crippen molar-refractivity contribution >= 4 is 22.8 Å². The molecule has 2 aliphatic carbocycles. The highest BCUT2D eigenvalue weighted by molar-refractivity contribution is 6.49. The summed E-state index contributed by atoms with van der Waals surface area (Å²) in [6, 6.07) is 13.4. The summed E-state index contributed by atoms with van der Waals surface area (Å²) in [5.74, 6) is 0.259. The number of pyridine rings is 1. The van der Waals surface area contributed by atoms with Crippen molar-refractivity contribution in [1.29, 1.82) is 0 Å². The van der Waals surface area contributed by atoms with Crippen LogP contribution in [-0.4, -0.2) is 11.2 Å². The Morgan fingerprint density at radius 3 is 2.79 bits per heavy atom. The third-order valence-corrected chi connectivity index (χ3v) is 5.99. The molecule has 4 rings (SSSR count). The van der Waals surface area contributed by atoms with Gasteiger partial charge in [0.2, 0.25) is 5.56 Å². The molecule has 28 heavy (non-hydrogen) atoms. The summed E-state index contributed by atoms with van der Waals surface area (Å²) in [6.45, 7) is 4.23. The molecule has 2 aliphatic rings. The number of halogens is 1. The highest BCUT2D eigenvalue weighted by Gasteiger charge is 2.46. The SMILES string of the molecule is C/C=C1\[C@H]2C=C(C)C[C@]1(N=CC=C(Cl)c1ccccc1)c1ccc(=O)[nH]c1C2. The van der Waals surface area contributed by atoms with Crippen LogP contribution in [0.5, 0.6) is 0 Å². The van der Waals surface area contributed by atoms with Crippen LogP contribution >= 0.6 is 11.6 Å². The number of hydrogen-bond acceptors (Lipinski definition) is 2. The Labute approximate surface area is 170 Å². The van der Waals surface area contributed by atoms with Crippen LogP contribution in [0.3, 0.4) is 0 Å². The van der Waals surface area contributed by atoms with Gasteiger partial charge in [-0.05, 0) is 43.5 Å². The van der Waals surface area contributed by atoms with Crippen LogP contribution in [0, 0.1) is 5.92 Å². The maximum atomic E-state index is 11.9. The van der Waals surface area contributed by atoms with Crippen molar-refractivity contribution in [3.05, 3.63) is 99.0 Å². The van der Waals surface area contributed by atoms with Crippen LogP contribution in [0.1, 0.15) is 37.1 Å². The molecule has 0 saturated carbocycles. The number of nitrogens with one attached hydrogen (secondary N) is 1. The Hall–Kier alpha value is -2.65. The molecule has 1 N–H and O–H groups in total. The number of hydrogen-bond donors (Lipinski definition) is 1. The highest BCUT2D eigenvalue weighted by atomic mass is 35.5. The first kappa shape index (κ1) is 18.7. The van der Waals surface area contributed by atoms with Crippen LogP contribution in [0.4, 0.5) is 0 Å². The highest BCUT2D eigenvalue weighted by Crippen LogP contribution is 2.51. The Balaban J connectivity index is 1.82. The first-order valence-corrected chi connectivity index (χ1v) is 9.94. The maximum absolute atomic E-state index is 11.9. The summed E-state index contributed by atoms with van der Waals surface area (Å²) in [6.07, 6.45) is 9.76. The molecule has 142 valence electrons. The van der Waals surface area contributed by atoms with Crippen molar-refractivity contribution in [2.24, 2.45) is 10.9 Å². The predicted molar refractivity (Wildman–Crippen MR) is 117 cm³/mol. The van der Waals surface area contributed by atoms with Crippen LogP contribution in [0.2, 0.25) is 0 Å². The van der Waals surface area contributed by atoms with Crippen molar-refractivity contribution in [2.45, 2.75) is 32.2 Å². The summed E-state index contributed by atoms with van der Waals surface area (Å²) >= 11 is 6.47. The first-order chi connectivity index (χ1) is 13.5. The van der Waals surface area contributed by atoms with E-state index in [4.69, 9.17) is 16.6 Å². The molecule has 0 fully saturated rings. The molecule has 2 aromatic rings. The number of allylic oxidation sites excluding steroid dienone is 3. The van der Waals surface area contributed by atoms with E-state index in [1.165, 1.54) is 11.1 Å². The monoisotopic (exact) mass is 390 g/mol. The average molecular weight is 391 g/mol. The van der Waals surface area contributed by atoms with E-state index in [0.717, 1.165) is 29.7 Å². The van der Waals surface area contributed by atoms with Crippen molar-refractivity contribution < 1.29 is 0 Å². The maximum Gasteiger partial charge on any atom is 0.248 e. The molecule has 4 heteroatoms. The second-order valence-electron chi connectivity index (χ2n) is 7.48. The van der Waals surface area contributed by atoms with Crippen LogP contribution in [0.25, 0.3) is 5.03 Å². The number of fused-ring (bicyclic) bond motifs is 4. The summed E-state index contributed by atoms with van der Waals surface area (Å²) in [5.41, 5.74) is 5.10. The quantitative estimate of drug-likeness (QED) is 0.554. The molecule has 2 atom stereocenters. The van der Waals surface area contributed by atoms with Gasteiger partial charge in [-0.15, -0.1) is 0 Å². The first-order valence-electron chi connectivity index (χ1n) is 9.56. The molecule has 0 unspecified atom stereocenters. The number of aliphatic imine (C=N–C) groups is 1. The summed E-state index contributed by atoms with van der Waals surface area (Å²) in [5, 5.41) is 0.653. The predicted octanol–water partition coefficient (Wildman–Crippen LogP) is 5.39. The fourth-order valence-electron chi connectivity index (χ4n) is 4.58.